The van der Waals surface area contributed by atoms with Gasteiger partial charge >= 0.3 is 0 Å². The average molecular weight is 365 g/mol. The first-order valence-electron chi connectivity index (χ1n) is 7.67. The van der Waals surface area contributed by atoms with Crippen molar-refractivity contribution in [2.24, 2.45) is 11.1 Å². The van der Waals surface area contributed by atoms with Gasteiger partial charge in [0.15, 0.2) is 5.13 Å². The Kier molecular flexibility index (Phi) is 4.46. The Balaban J connectivity index is 1.85. The van der Waals surface area contributed by atoms with E-state index in [1.54, 1.807) is 13.0 Å². The molecule has 0 spiro atoms. The molecule has 1 amide bonds. The highest BCUT2D eigenvalue weighted by molar-refractivity contribution is 7.89. The van der Waals surface area contributed by atoms with E-state index in [4.69, 9.17) is 5.14 Å². The Morgan fingerprint density at radius 3 is 2.88 bits per heavy atom. The molecule has 24 heavy (non-hydrogen) atoms. The highest BCUT2D eigenvalue weighted by atomic mass is 32.2. The molecule has 0 saturated carbocycles. The molecule has 2 aromatic rings. The third-order valence-corrected chi connectivity index (χ3v) is 6.14. The zero-order valence-electron chi connectivity index (χ0n) is 13.5. The molecule has 1 heterocycles. The summed E-state index contributed by atoms with van der Waals surface area (Å²) < 4.78 is 23.0. The van der Waals surface area contributed by atoms with Crippen LogP contribution in [-0.2, 0) is 22.9 Å². The second-order valence-electron chi connectivity index (χ2n) is 6.21. The number of carbonyl (C=O) groups is 1. The number of sulfonamides is 1. The number of nitrogens with one attached hydrogen (secondary N) is 1. The van der Waals surface area contributed by atoms with Crippen molar-refractivity contribution in [2.75, 3.05) is 5.32 Å². The summed E-state index contributed by atoms with van der Waals surface area (Å²) >= 11 is 1.49. The number of nitrogens with zero attached hydrogens (tertiary/aromatic N) is 1. The summed E-state index contributed by atoms with van der Waals surface area (Å²) in [6, 6.07) is 4.27. The molecule has 1 aromatic heterocycles. The average Bonchev–Trinajstić information content (AvgIpc) is 2.87. The van der Waals surface area contributed by atoms with Crippen LogP contribution < -0.4 is 10.5 Å². The molecule has 0 fully saturated rings. The van der Waals surface area contributed by atoms with Crippen molar-refractivity contribution in [2.45, 2.75) is 38.0 Å². The molecule has 1 unspecified atom stereocenters. The molecule has 8 heteroatoms. The van der Waals surface area contributed by atoms with Gasteiger partial charge in [0.25, 0.3) is 5.91 Å². The zero-order valence-corrected chi connectivity index (χ0v) is 15.1. The molecular weight excluding hydrogens is 346 g/mol. The Bertz CT molecular complexity index is 903. The van der Waals surface area contributed by atoms with Crippen molar-refractivity contribution >= 4 is 32.4 Å². The molecular formula is C16H19N3O3S2. The van der Waals surface area contributed by atoms with Gasteiger partial charge in [-0.05, 0) is 49.8 Å². The maximum Gasteiger partial charge on any atom is 0.257 e. The number of nitrogens with two attached hydrogens (primary N) is 1. The van der Waals surface area contributed by atoms with E-state index >= 15 is 0 Å². The lowest BCUT2D eigenvalue weighted by Crippen LogP contribution is -2.17. The molecule has 128 valence electrons. The van der Waals surface area contributed by atoms with Crippen LogP contribution in [0.15, 0.2) is 23.1 Å². The molecule has 1 aromatic carbocycles. The Morgan fingerprint density at radius 1 is 1.42 bits per heavy atom. The SMILES string of the molecule is Cc1ccc(S(N)(=O)=O)cc1C(=O)Nc1nc2c(s1)CC(C)CC2. The maximum absolute atomic E-state index is 12.5. The first-order valence-corrected chi connectivity index (χ1v) is 10.0. The predicted molar refractivity (Wildman–Crippen MR) is 93.8 cm³/mol. The van der Waals surface area contributed by atoms with E-state index in [1.165, 1.54) is 28.3 Å². The third-order valence-electron chi connectivity index (χ3n) is 4.19. The van der Waals surface area contributed by atoms with Crippen LogP contribution in [0.2, 0.25) is 0 Å². The summed E-state index contributed by atoms with van der Waals surface area (Å²) in [6.07, 6.45) is 3.03. The van der Waals surface area contributed by atoms with Gasteiger partial charge in [-0.15, -0.1) is 11.3 Å². The number of amides is 1. The third kappa shape index (κ3) is 3.50. The number of benzene rings is 1. The first kappa shape index (κ1) is 17.1. The number of anilines is 1. The summed E-state index contributed by atoms with van der Waals surface area (Å²) in [6.45, 7) is 3.96. The monoisotopic (exact) mass is 365 g/mol. The molecule has 6 nitrogen and oxygen atoms in total. The molecule has 0 bridgehead atoms. The summed E-state index contributed by atoms with van der Waals surface area (Å²) in [4.78, 5) is 18.1. The van der Waals surface area contributed by atoms with E-state index in [-0.39, 0.29) is 16.4 Å². The van der Waals surface area contributed by atoms with Gasteiger partial charge in [0.1, 0.15) is 0 Å². The van der Waals surface area contributed by atoms with Gasteiger partial charge in [-0.3, -0.25) is 10.1 Å². The maximum atomic E-state index is 12.5. The normalized spacial score (nSPS) is 17.4. The molecule has 3 rings (SSSR count). The summed E-state index contributed by atoms with van der Waals surface area (Å²) in [7, 11) is -3.85. The van der Waals surface area contributed by atoms with Crippen LogP contribution >= 0.6 is 11.3 Å². The molecule has 1 atom stereocenters. The van der Waals surface area contributed by atoms with Crippen molar-refractivity contribution in [3.63, 3.8) is 0 Å². The summed E-state index contributed by atoms with van der Waals surface area (Å²) in [5, 5.41) is 8.48. The molecule has 1 aliphatic rings. The van der Waals surface area contributed by atoms with Crippen LogP contribution in [0.5, 0.6) is 0 Å². The number of hydrogen-bond donors (Lipinski definition) is 2. The van der Waals surface area contributed by atoms with Crippen LogP contribution in [0.25, 0.3) is 0 Å². The molecule has 0 aliphatic heterocycles. The van der Waals surface area contributed by atoms with Crippen LogP contribution in [0, 0.1) is 12.8 Å². The van der Waals surface area contributed by atoms with Gasteiger partial charge in [-0.2, -0.15) is 0 Å². The van der Waals surface area contributed by atoms with Gasteiger partial charge < -0.3 is 0 Å². The van der Waals surface area contributed by atoms with Crippen LogP contribution in [0.1, 0.15) is 39.8 Å². The van der Waals surface area contributed by atoms with Gasteiger partial charge in [0, 0.05) is 10.4 Å². The summed E-state index contributed by atoms with van der Waals surface area (Å²) in [5.74, 6) is 0.257. The Labute approximate surface area is 145 Å². The van der Waals surface area contributed by atoms with E-state index in [2.05, 4.69) is 17.2 Å². The molecule has 0 saturated heterocycles. The van der Waals surface area contributed by atoms with Crippen molar-refractivity contribution in [1.29, 1.82) is 0 Å². The largest absolute Gasteiger partial charge is 0.298 e. The van der Waals surface area contributed by atoms with E-state index in [1.807, 2.05) is 0 Å². The molecule has 1 aliphatic carbocycles. The number of aryl methyl sites for hydroxylation is 2. The van der Waals surface area contributed by atoms with Gasteiger partial charge in [0.2, 0.25) is 10.0 Å². The minimum absolute atomic E-state index is 0.0782. The van der Waals surface area contributed by atoms with E-state index < -0.39 is 10.0 Å². The highest BCUT2D eigenvalue weighted by Gasteiger charge is 2.21. The van der Waals surface area contributed by atoms with E-state index in [9.17, 15) is 13.2 Å². The number of hydrogen-bond acceptors (Lipinski definition) is 5. The van der Waals surface area contributed by atoms with Gasteiger partial charge in [-0.25, -0.2) is 18.5 Å². The van der Waals surface area contributed by atoms with Crippen LogP contribution in [0.3, 0.4) is 0 Å². The second-order valence-corrected chi connectivity index (χ2v) is 8.86. The predicted octanol–water partition coefficient (Wildman–Crippen LogP) is 2.48. The number of thiazole rings is 1. The number of primary sulfonamides is 1. The minimum atomic E-state index is -3.85. The van der Waals surface area contributed by atoms with Crippen molar-refractivity contribution in [1.82, 2.24) is 4.98 Å². The quantitative estimate of drug-likeness (QED) is 0.872. The number of aromatic nitrogens is 1. The van der Waals surface area contributed by atoms with Crippen molar-refractivity contribution in [3.05, 3.63) is 39.9 Å². The number of carbonyl (C=O) groups excluding carboxylic acids is 1. The van der Waals surface area contributed by atoms with Gasteiger partial charge in [-0.1, -0.05) is 13.0 Å². The number of fused-ring (bicyclic) bond motifs is 1. The fourth-order valence-electron chi connectivity index (χ4n) is 2.78. The lowest BCUT2D eigenvalue weighted by atomic mass is 9.93. The van der Waals surface area contributed by atoms with Crippen molar-refractivity contribution in [3.8, 4) is 0 Å². The fourth-order valence-corrected chi connectivity index (χ4v) is 4.49. The molecule has 0 radical (unpaired) electrons. The number of rotatable bonds is 3. The fraction of sp³-hybridized carbons (Fsp3) is 0.375. The second kappa shape index (κ2) is 6.27. The summed E-state index contributed by atoms with van der Waals surface area (Å²) in [5.41, 5.74) is 2.02. The smallest absolute Gasteiger partial charge is 0.257 e. The van der Waals surface area contributed by atoms with Crippen LogP contribution in [0.4, 0.5) is 5.13 Å². The lowest BCUT2D eigenvalue weighted by Gasteiger charge is -2.15. The lowest BCUT2D eigenvalue weighted by molar-refractivity contribution is 0.102. The zero-order chi connectivity index (χ0) is 17.5. The standard InChI is InChI=1S/C16H19N3O3S2/c1-9-3-6-13-14(7-9)23-16(18-13)19-15(20)12-8-11(24(17,21)22)5-4-10(12)2/h4-5,8-9H,3,6-7H2,1-2H3,(H2,17,21,22)(H,18,19,20). The van der Waals surface area contributed by atoms with Crippen molar-refractivity contribution < 1.29 is 13.2 Å². The minimum Gasteiger partial charge on any atom is -0.298 e. The topological polar surface area (TPSA) is 102 Å². The van der Waals surface area contributed by atoms with E-state index in [0.29, 0.717) is 16.6 Å². The van der Waals surface area contributed by atoms with E-state index in [0.717, 1.165) is 25.0 Å². The Morgan fingerprint density at radius 2 is 2.17 bits per heavy atom. The highest BCUT2D eigenvalue weighted by Crippen LogP contribution is 2.32. The Hall–Kier alpha value is -1.77. The first-order chi connectivity index (χ1) is 11.2. The van der Waals surface area contributed by atoms with Crippen LogP contribution in [-0.4, -0.2) is 19.3 Å². The van der Waals surface area contributed by atoms with Gasteiger partial charge in [0.05, 0.1) is 10.6 Å². The molecule has 3 N–H and O–H groups in total.